The summed E-state index contributed by atoms with van der Waals surface area (Å²) < 4.78 is 30.0. The molecule has 0 saturated heterocycles. The smallest absolute Gasteiger partial charge is 0.332 e. The Morgan fingerprint density at radius 3 is 2.27 bits per heavy atom. The van der Waals surface area contributed by atoms with Gasteiger partial charge in [-0.15, -0.1) is 0 Å². The first kappa shape index (κ1) is 30.0. The van der Waals surface area contributed by atoms with Crippen LogP contribution in [0.5, 0.6) is 11.6 Å². The Labute approximate surface area is 247 Å². The number of anilines is 2. The fourth-order valence-electron chi connectivity index (χ4n) is 3.77. The Balaban J connectivity index is 1.67. The molecule has 0 aliphatic heterocycles. The van der Waals surface area contributed by atoms with E-state index in [9.17, 15) is 18.6 Å². The maximum absolute atomic E-state index is 13.7. The first-order chi connectivity index (χ1) is 19.4. The number of carbonyl (C=O) groups excluding carboxylic acids is 1. The first-order valence-electron chi connectivity index (χ1n) is 12.1. The molecule has 0 radical (unpaired) electrons. The van der Waals surface area contributed by atoms with E-state index in [2.05, 4.69) is 10.3 Å². The summed E-state index contributed by atoms with van der Waals surface area (Å²) in [6.07, 6.45) is 1.47. The van der Waals surface area contributed by atoms with Crippen LogP contribution in [0.25, 0.3) is 0 Å². The topological polar surface area (TPSA) is 145 Å². The number of ether oxygens (including phenoxy) is 1. The molecule has 1 atom stereocenters. The number of hydrogen-bond donors (Lipinski definition) is 3. The van der Waals surface area contributed by atoms with Crippen molar-refractivity contribution < 1.29 is 18.3 Å². The predicted molar refractivity (Wildman–Crippen MR) is 157 cm³/mol. The summed E-state index contributed by atoms with van der Waals surface area (Å²) >= 11 is 9.28. The maximum Gasteiger partial charge on any atom is 0.332 e. The molecular weight excluding hydrogens is 593 g/mol. The Morgan fingerprint density at radius 2 is 1.66 bits per heavy atom. The number of halogens is 2. The molecule has 2 aromatic heterocycles. The average molecular weight is 618 g/mol. The lowest BCUT2D eigenvalue weighted by Gasteiger charge is -2.24. The van der Waals surface area contributed by atoms with Crippen molar-refractivity contribution in [1.29, 1.82) is 0 Å². The maximum atomic E-state index is 13.7. The van der Waals surface area contributed by atoms with E-state index in [1.807, 2.05) is 4.72 Å². The van der Waals surface area contributed by atoms with Gasteiger partial charge in [0, 0.05) is 35.6 Å². The van der Waals surface area contributed by atoms with E-state index in [4.69, 9.17) is 32.5 Å². The summed E-state index contributed by atoms with van der Waals surface area (Å²) in [7, 11) is 0. The third-order valence-corrected chi connectivity index (χ3v) is 6.77. The molecule has 4 rings (SSSR count). The predicted octanol–water partition coefficient (Wildman–Crippen LogP) is 4.58. The number of pyridine rings is 1. The zero-order valence-corrected chi connectivity index (χ0v) is 24.2. The molecule has 214 valence electrons. The van der Waals surface area contributed by atoms with Crippen molar-refractivity contribution >= 4 is 51.9 Å². The average Bonchev–Trinajstić information content (AvgIpc) is 2.92. The van der Waals surface area contributed by atoms with Gasteiger partial charge < -0.3 is 10.1 Å². The van der Waals surface area contributed by atoms with Crippen LogP contribution in [0.3, 0.4) is 0 Å². The Bertz CT molecular complexity index is 1690. The monoisotopic (exact) mass is 617 g/mol. The van der Waals surface area contributed by atoms with Crippen molar-refractivity contribution in [2.45, 2.75) is 26.9 Å². The number of carbonyl (C=O) groups is 1. The van der Waals surface area contributed by atoms with Gasteiger partial charge in [-0.2, -0.15) is 0 Å². The standard InChI is InChI=1S/C27H25Cl2N5O6S/c1-27(2,25(36)32-41(38)39)16-34-24(35)13-22(33(26(34)37)15-17-3-5-18(28)6-4-17)31-20-8-10-21(11-9-20)40-23-12-7-19(29)14-30-23/h3-14,31H,15-16H2,1-2H3,(H,32,36)(H,38,39). The lowest BCUT2D eigenvalue weighted by Crippen LogP contribution is -2.47. The molecule has 2 heterocycles. The van der Waals surface area contributed by atoms with Gasteiger partial charge in [-0.1, -0.05) is 35.3 Å². The van der Waals surface area contributed by atoms with Crippen LogP contribution in [0.2, 0.25) is 10.0 Å². The molecule has 14 heteroatoms. The van der Waals surface area contributed by atoms with Gasteiger partial charge in [-0.25, -0.2) is 14.0 Å². The molecule has 1 amide bonds. The molecule has 0 bridgehead atoms. The number of hydrogen-bond acceptors (Lipinski definition) is 7. The highest BCUT2D eigenvalue weighted by Crippen LogP contribution is 2.24. The summed E-state index contributed by atoms with van der Waals surface area (Å²) in [5, 5.41) is 4.11. The van der Waals surface area contributed by atoms with E-state index in [0.717, 1.165) is 10.1 Å². The van der Waals surface area contributed by atoms with Crippen molar-refractivity contribution in [3.63, 3.8) is 0 Å². The SMILES string of the molecule is CC(C)(Cn1c(=O)cc(Nc2ccc(Oc3ccc(Cl)cn3)cc2)n(Cc2ccc(Cl)cc2)c1=O)C(=O)NS(=O)O. The van der Waals surface area contributed by atoms with Crippen molar-refractivity contribution in [1.82, 2.24) is 18.8 Å². The zero-order chi connectivity index (χ0) is 29.7. The molecule has 0 saturated carbocycles. The lowest BCUT2D eigenvalue weighted by molar-refractivity contribution is -0.128. The summed E-state index contributed by atoms with van der Waals surface area (Å²) in [5.41, 5.74) is -1.41. The molecule has 41 heavy (non-hydrogen) atoms. The molecule has 1 unspecified atom stereocenters. The quantitative estimate of drug-likeness (QED) is 0.219. The summed E-state index contributed by atoms with van der Waals surface area (Å²) in [5.74, 6) is 0.270. The zero-order valence-electron chi connectivity index (χ0n) is 21.8. The summed E-state index contributed by atoms with van der Waals surface area (Å²) in [6.45, 7) is 2.66. The molecular formula is C27H25Cl2N5O6S. The van der Waals surface area contributed by atoms with Crippen molar-refractivity contribution in [3.8, 4) is 11.6 Å². The molecule has 3 N–H and O–H groups in total. The second-order valence-corrected chi connectivity index (χ2v) is 11.2. The van der Waals surface area contributed by atoms with Gasteiger partial charge in [0.05, 0.1) is 17.0 Å². The molecule has 4 aromatic rings. The van der Waals surface area contributed by atoms with Crippen LogP contribution in [0.4, 0.5) is 11.5 Å². The number of rotatable bonds is 10. The Hall–Kier alpha value is -3.97. The normalized spacial score (nSPS) is 12.0. The minimum atomic E-state index is -2.59. The van der Waals surface area contributed by atoms with Gasteiger partial charge in [0.15, 0.2) is 0 Å². The second kappa shape index (κ2) is 12.7. The number of aromatic nitrogens is 3. The van der Waals surface area contributed by atoms with Crippen LogP contribution in [0, 0.1) is 5.41 Å². The van der Waals surface area contributed by atoms with Crippen LogP contribution in [-0.2, 0) is 29.2 Å². The molecule has 11 nitrogen and oxygen atoms in total. The van der Waals surface area contributed by atoms with Crippen molar-refractivity contribution in [2.75, 3.05) is 5.32 Å². The van der Waals surface area contributed by atoms with Crippen LogP contribution < -0.4 is 26.0 Å². The minimum absolute atomic E-state index is 0.0787. The minimum Gasteiger partial charge on any atom is -0.439 e. The van der Waals surface area contributed by atoms with Gasteiger partial charge in [0.1, 0.15) is 11.6 Å². The molecule has 0 aliphatic carbocycles. The largest absolute Gasteiger partial charge is 0.439 e. The van der Waals surface area contributed by atoms with Crippen molar-refractivity contribution in [2.24, 2.45) is 5.41 Å². The molecule has 0 fully saturated rings. The van der Waals surface area contributed by atoms with E-state index >= 15 is 0 Å². The second-order valence-electron chi connectivity index (χ2n) is 9.58. The van der Waals surface area contributed by atoms with Crippen LogP contribution in [0.1, 0.15) is 19.4 Å². The first-order valence-corrected chi connectivity index (χ1v) is 13.9. The Morgan fingerprint density at radius 1 is 1.00 bits per heavy atom. The van der Waals surface area contributed by atoms with E-state index < -0.39 is 33.8 Å². The van der Waals surface area contributed by atoms with E-state index in [1.165, 1.54) is 30.7 Å². The third-order valence-electron chi connectivity index (χ3n) is 5.93. The highest BCUT2D eigenvalue weighted by atomic mass is 35.5. The lowest BCUT2D eigenvalue weighted by atomic mass is 9.92. The van der Waals surface area contributed by atoms with Gasteiger partial charge in [-0.3, -0.25) is 28.0 Å². The van der Waals surface area contributed by atoms with E-state index in [-0.39, 0.29) is 18.9 Å². The highest BCUT2D eigenvalue weighted by molar-refractivity contribution is 7.77. The number of amides is 1. The third kappa shape index (κ3) is 7.82. The highest BCUT2D eigenvalue weighted by Gasteiger charge is 2.31. The molecule has 0 spiro atoms. The molecule has 0 aliphatic rings. The fourth-order valence-corrected chi connectivity index (χ4v) is 4.44. The van der Waals surface area contributed by atoms with E-state index in [0.29, 0.717) is 27.4 Å². The number of nitrogens with one attached hydrogen (secondary N) is 2. The van der Waals surface area contributed by atoms with Crippen LogP contribution >= 0.6 is 23.2 Å². The van der Waals surface area contributed by atoms with Crippen molar-refractivity contribution in [3.05, 3.63) is 109 Å². The summed E-state index contributed by atoms with van der Waals surface area (Å²) in [6, 6.07) is 18.2. The number of benzene rings is 2. The van der Waals surface area contributed by atoms with E-state index in [1.54, 1.807) is 60.7 Å². The Kier molecular flexibility index (Phi) is 9.28. The van der Waals surface area contributed by atoms with Gasteiger partial charge in [0.2, 0.25) is 11.8 Å². The summed E-state index contributed by atoms with van der Waals surface area (Å²) in [4.78, 5) is 43.3. The fraction of sp³-hybridized carbons (Fsp3) is 0.185. The van der Waals surface area contributed by atoms with Crippen LogP contribution in [-0.4, -0.2) is 28.8 Å². The van der Waals surface area contributed by atoms with Gasteiger partial charge in [-0.05, 0) is 61.9 Å². The van der Waals surface area contributed by atoms with Gasteiger partial charge >= 0.3 is 5.69 Å². The van der Waals surface area contributed by atoms with Crippen LogP contribution in [0.15, 0.2) is 82.5 Å². The number of nitrogens with zero attached hydrogens (tertiary/aromatic N) is 3. The van der Waals surface area contributed by atoms with Gasteiger partial charge in [0.25, 0.3) is 16.8 Å². The molecule has 2 aromatic carbocycles.